The minimum atomic E-state index is -0.103. The van der Waals surface area contributed by atoms with E-state index in [0.717, 1.165) is 6.04 Å². The van der Waals surface area contributed by atoms with Gasteiger partial charge in [-0.15, -0.1) is 0 Å². The summed E-state index contributed by atoms with van der Waals surface area (Å²) in [7, 11) is -0.103. The molecule has 1 aliphatic carbocycles. The van der Waals surface area contributed by atoms with Crippen LogP contribution in [-0.2, 0) is 0 Å². The van der Waals surface area contributed by atoms with Gasteiger partial charge in [-0.1, -0.05) is 39.5 Å². The second-order valence-corrected chi connectivity index (χ2v) is 7.77. The maximum absolute atomic E-state index is 3.76. The van der Waals surface area contributed by atoms with Gasteiger partial charge in [-0.05, 0) is 38.8 Å². The summed E-state index contributed by atoms with van der Waals surface area (Å²) in [6.45, 7) is 7.07. The van der Waals surface area contributed by atoms with E-state index in [1.165, 1.54) is 64.5 Å². The molecule has 0 aromatic heterocycles. The molecular weight excluding hydrogens is 238 g/mol. The summed E-state index contributed by atoms with van der Waals surface area (Å²) in [4.78, 5) is 0. The maximum atomic E-state index is 3.76. The van der Waals surface area contributed by atoms with E-state index in [1.54, 1.807) is 0 Å². The smallest absolute Gasteiger partial charge is 0.177 e. The molecule has 0 spiro atoms. The van der Waals surface area contributed by atoms with Crippen molar-refractivity contribution >= 4 is 9.84 Å². The zero-order chi connectivity index (χ0) is 12.8. The Morgan fingerprint density at radius 1 is 1.11 bits per heavy atom. The van der Waals surface area contributed by atoms with Crippen molar-refractivity contribution in [1.29, 1.82) is 0 Å². The standard InChI is InChI=1S/C14H31N3Si/c1-3-5-12-16-14(15-11-4-2)17(18-16)13-9-7-6-8-10-13/h13-15H,3-12,18H2,1-2H3. The zero-order valence-corrected chi connectivity index (χ0v) is 13.7. The lowest BCUT2D eigenvalue weighted by Crippen LogP contribution is -2.74. The van der Waals surface area contributed by atoms with Crippen molar-refractivity contribution in [3.63, 3.8) is 0 Å². The van der Waals surface area contributed by atoms with Gasteiger partial charge in [0.1, 0.15) is 6.29 Å². The molecule has 1 atom stereocenters. The quantitative estimate of drug-likeness (QED) is 0.713. The van der Waals surface area contributed by atoms with E-state index in [0.29, 0.717) is 6.29 Å². The highest BCUT2D eigenvalue weighted by atomic mass is 28.2. The van der Waals surface area contributed by atoms with Gasteiger partial charge in [0.25, 0.3) is 0 Å². The fraction of sp³-hybridized carbons (Fsp3) is 1.00. The first-order valence-corrected chi connectivity index (χ1v) is 9.36. The maximum Gasteiger partial charge on any atom is 0.177 e. The molecule has 18 heavy (non-hydrogen) atoms. The number of nitrogens with zero attached hydrogens (tertiary/aromatic N) is 2. The van der Waals surface area contributed by atoms with Crippen molar-refractivity contribution in [2.24, 2.45) is 0 Å². The number of hydrogen-bond acceptors (Lipinski definition) is 3. The van der Waals surface area contributed by atoms with Gasteiger partial charge in [0.05, 0.1) is 0 Å². The lowest BCUT2D eigenvalue weighted by atomic mass is 9.95. The van der Waals surface area contributed by atoms with Crippen molar-refractivity contribution in [1.82, 2.24) is 14.4 Å². The van der Waals surface area contributed by atoms with Crippen LogP contribution in [0.25, 0.3) is 0 Å². The molecule has 3 nitrogen and oxygen atoms in total. The molecule has 4 heteroatoms. The lowest BCUT2D eigenvalue weighted by Gasteiger charge is -2.55. The third-order valence-electron chi connectivity index (χ3n) is 4.42. The van der Waals surface area contributed by atoms with E-state index in [4.69, 9.17) is 0 Å². The van der Waals surface area contributed by atoms with Gasteiger partial charge in [0.15, 0.2) is 9.84 Å². The van der Waals surface area contributed by atoms with Crippen LogP contribution in [0, 0.1) is 0 Å². The van der Waals surface area contributed by atoms with Crippen LogP contribution in [0.3, 0.4) is 0 Å². The van der Waals surface area contributed by atoms with Crippen LogP contribution >= 0.6 is 0 Å². The molecule has 1 N–H and O–H groups in total. The van der Waals surface area contributed by atoms with E-state index in [1.807, 2.05) is 0 Å². The molecule has 0 amide bonds. The minimum absolute atomic E-state index is 0.103. The highest BCUT2D eigenvalue weighted by Crippen LogP contribution is 2.28. The van der Waals surface area contributed by atoms with Crippen LogP contribution in [0.15, 0.2) is 0 Å². The molecule has 1 heterocycles. The van der Waals surface area contributed by atoms with Gasteiger partial charge < -0.3 is 0 Å². The highest BCUT2D eigenvalue weighted by molar-refractivity contribution is 6.32. The first-order valence-electron chi connectivity index (χ1n) is 8.10. The summed E-state index contributed by atoms with van der Waals surface area (Å²) in [6.07, 6.45) is 11.9. The SMILES string of the molecule is CCCCN1[SiH2]N(C2CCCCC2)C1NCCC. The first kappa shape index (κ1) is 14.5. The van der Waals surface area contributed by atoms with Crippen LogP contribution < -0.4 is 5.32 Å². The summed E-state index contributed by atoms with van der Waals surface area (Å²) in [6, 6.07) is 0.914. The predicted octanol–water partition coefficient (Wildman–Crippen LogP) is 2.02. The molecule has 0 aromatic carbocycles. The van der Waals surface area contributed by atoms with Crippen LogP contribution in [0.5, 0.6) is 0 Å². The van der Waals surface area contributed by atoms with E-state index in [-0.39, 0.29) is 9.84 Å². The molecule has 0 radical (unpaired) electrons. The molecule has 2 aliphatic rings. The van der Waals surface area contributed by atoms with Gasteiger partial charge >= 0.3 is 0 Å². The van der Waals surface area contributed by atoms with Crippen LogP contribution in [0.2, 0.25) is 0 Å². The fourth-order valence-electron chi connectivity index (χ4n) is 3.28. The molecule has 1 unspecified atom stereocenters. The Bertz CT molecular complexity index is 231. The largest absolute Gasteiger partial charge is 0.290 e. The fourth-order valence-corrected chi connectivity index (χ4v) is 5.36. The Balaban J connectivity index is 1.81. The van der Waals surface area contributed by atoms with Gasteiger partial charge in [0, 0.05) is 6.04 Å². The second kappa shape index (κ2) is 7.63. The third kappa shape index (κ3) is 3.56. The van der Waals surface area contributed by atoms with E-state index >= 15 is 0 Å². The summed E-state index contributed by atoms with van der Waals surface area (Å²) < 4.78 is 5.61. The molecule has 1 saturated heterocycles. The predicted molar refractivity (Wildman–Crippen MR) is 81.0 cm³/mol. The lowest BCUT2D eigenvalue weighted by molar-refractivity contribution is 0.0204. The van der Waals surface area contributed by atoms with Crippen LogP contribution in [0.1, 0.15) is 65.2 Å². The summed E-state index contributed by atoms with van der Waals surface area (Å²) in [5, 5.41) is 3.76. The molecule has 2 fully saturated rings. The van der Waals surface area contributed by atoms with Crippen molar-refractivity contribution in [2.75, 3.05) is 13.1 Å². The Hall–Kier alpha value is 0.0969. The minimum Gasteiger partial charge on any atom is -0.290 e. The average molecular weight is 270 g/mol. The van der Waals surface area contributed by atoms with Crippen molar-refractivity contribution in [3.8, 4) is 0 Å². The highest BCUT2D eigenvalue weighted by Gasteiger charge is 2.39. The van der Waals surface area contributed by atoms with Crippen LogP contribution in [0.4, 0.5) is 0 Å². The normalized spacial score (nSPS) is 28.7. The molecule has 0 aromatic rings. The Labute approximate surface area is 115 Å². The number of unbranched alkanes of at least 4 members (excludes halogenated alkanes) is 1. The second-order valence-electron chi connectivity index (χ2n) is 5.94. The molecular formula is C14H31N3Si. The molecule has 1 aliphatic heterocycles. The van der Waals surface area contributed by atoms with E-state index in [2.05, 4.69) is 28.3 Å². The van der Waals surface area contributed by atoms with Crippen molar-refractivity contribution in [2.45, 2.75) is 77.5 Å². The van der Waals surface area contributed by atoms with Crippen LogP contribution in [-0.4, -0.2) is 44.4 Å². The Morgan fingerprint density at radius 3 is 2.56 bits per heavy atom. The third-order valence-corrected chi connectivity index (χ3v) is 6.64. The Kier molecular flexibility index (Phi) is 6.15. The van der Waals surface area contributed by atoms with Crippen molar-refractivity contribution < 1.29 is 0 Å². The van der Waals surface area contributed by atoms with Gasteiger partial charge in [-0.2, -0.15) is 0 Å². The molecule has 1 saturated carbocycles. The van der Waals surface area contributed by atoms with Gasteiger partial charge in [-0.25, -0.2) is 0 Å². The summed E-state index contributed by atoms with van der Waals surface area (Å²) in [5.41, 5.74) is 0. The first-order chi connectivity index (χ1) is 8.86. The molecule has 0 bridgehead atoms. The molecule has 2 rings (SSSR count). The van der Waals surface area contributed by atoms with Gasteiger partial charge in [-0.3, -0.25) is 14.4 Å². The summed E-state index contributed by atoms with van der Waals surface area (Å²) >= 11 is 0. The van der Waals surface area contributed by atoms with E-state index < -0.39 is 0 Å². The summed E-state index contributed by atoms with van der Waals surface area (Å²) in [5.74, 6) is 0. The topological polar surface area (TPSA) is 18.5 Å². The monoisotopic (exact) mass is 269 g/mol. The zero-order valence-electron chi connectivity index (χ0n) is 12.3. The van der Waals surface area contributed by atoms with E-state index in [9.17, 15) is 0 Å². The number of rotatable bonds is 7. The van der Waals surface area contributed by atoms with Gasteiger partial charge in [0.2, 0.25) is 0 Å². The number of nitrogens with one attached hydrogen (secondary N) is 1. The molecule has 106 valence electrons. The van der Waals surface area contributed by atoms with Crippen molar-refractivity contribution in [3.05, 3.63) is 0 Å². The Morgan fingerprint density at radius 2 is 1.89 bits per heavy atom. The number of hydrogen-bond donors (Lipinski definition) is 1. The average Bonchev–Trinajstić information content (AvgIpc) is 2.39.